The van der Waals surface area contributed by atoms with Gasteiger partial charge in [0.1, 0.15) is 5.75 Å². The Kier molecular flexibility index (Phi) is 4.29. The summed E-state index contributed by atoms with van der Waals surface area (Å²) in [6, 6.07) is 17.0. The molecule has 23 heavy (non-hydrogen) atoms. The van der Waals surface area contributed by atoms with E-state index in [1.807, 2.05) is 29.2 Å². The fourth-order valence-corrected chi connectivity index (χ4v) is 3.13. The molecule has 0 spiro atoms. The minimum Gasteiger partial charge on any atom is -0.497 e. The van der Waals surface area contributed by atoms with Crippen molar-refractivity contribution in [2.75, 3.05) is 13.7 Å². The average Bonchev–Trinajstić information content (AvgIpc) is 3.10. The molecule has 0 radical (unpaired) electrons. The van der Waals surface area contributed by atoms with Crippen molar-refractivity contribution < 1.29 is 9.53 Å². The van der Waals surface area contributed by atoms with Crippen LogP contribution in [0.4, 0.5) is 0 Å². The second kappa shape index (κ2) is 6.53. The first kappa shape index (κ1) is 15.1. The number of ether oxygens (including phenoxy) is 1. The smallest absolute Gasteiger partial charge is 0.255 e. The van der Waals surface area contributed by atoms with Crippen LogP contribution in [0.5, 0.6) is 5.75 Å². The van der Waals surface area contributed by atoms with Crippen molar-refractivity contribution in [1.29, 1.82) is 5.26 Å². The van der Waals surface area contributed by atoms with Gasteiger partial charge in [0.2, 0.25) is 0 Å². The first-order valence-corrected chi connectivity index (χ1v) is 7.68. The molecule has 0 bridgehead atoms. The Bertz CT molecular complexity index is 764. The van der Waals surface area contributed by atoms with Crippen molar-refractivity contribution in [3.8, 4) is 11.8 Å². The van der Waals surface area contributed by atoms with Crippen LogP contribution in [0.1, 0.15) is 40.4 Å². The molecule has 1 heterocycles. The zero-order chi connectivity index (χ0) is 16.2. The van der Waals surface area contributed by atoms with E-state index in [2.05, 4.69) is 6.07 Å². The van der Waals surface area contributed by atoms with Gasteiger partial charge in [0.15, 0.2) is 0 Å². The van der Waals surface area contributed by atoms with Gasteiger partial charge in [-0.1, -0.05) is 24.3 Å². The van der Waals surface area contributed by atoms with Crippen LogP contribution in [-0.2, 0) is 0 Å². The van der Waals surface area contributed by atoms with E-state index in [9.17, 15) is 10.1 Å². The fraction of sp³-hybridized carbons (Fsp3) is 0.263. The molecule has 2 aromatic carbocycles. The first-order valence-electron chi connectivity index (χ1n) is 7.68. The number of nitriles is 1. The molecule has 0 aromatic heterocycles. The Hall–Kier alpha value is -2.80. The number of amides is 1. The molecule has 1 aliphatic heterocycles. The first-order chi connectivity index (χ1) is 11.2. The highest BCUT2D eigenvalue weighted by molar-refractivity contribution is 5.97. The molecule has 3 rings (SSSR count). The van der Waals surface area contributed by atoms with Crippen LogP contribution in [0.25, 0.3) is 0 Å². The van der Waals surface area contributed by atoms with Gasteiger partial charge in [-0.2, -0.15) is 5.26 Å². The van der Waals surface area contributed by atoms with Crippen molar-refractivity contribution in [1.82, 2.24) is 4.90 Å². The Morgan fingerprint density at radius 3 is 2.87 bits per heavy atom. The van der Waals surface area contributed by atoms with Crippen LogP contribution in [0.2, 0.25) is 0 Å². The summed E-state index contributed by atoms with van der Waals surface area (Å²) in [6.07, 6.45) is 1.88. The van der Waals surface area contributed by atoms with E-state index >= 15 is 0 Å². The van der Waals surface area contributed by atoms with Crippen LogP contribution >= 0.6 is 0 Å². The quantitative estimate of drug-likeness (QED) is 0.871. The average molecular weight is 306 g/mol. The Morgan fingerprint density at radius 2 is 2.09 bits per heavy atom. The lowest BCUT2D eigenvalue weighted by atomic mass is 10.0. The summed E-state index contributed by atoms with van der Waals surface area (Å²) < 4.78 is 5.28. The van der Waals surface area contributed by atoms with Crippen LogP contribution in [0, 0.1) is 11.3 Å². The van der Waals surface area contributed by atoms with Gasteiger partial charge >= 0.3 is 0 Å². The number of carbonyl (C=O) groups is 1. The normalized spacial score (nSPS) is 16.9. The minimum atomic E-state index is -0.0764. The van der Waals surface area contributed by atoms with E-state index in [1.165, 1.54) is 0 Å². The summed E-state index contributed by atoms with van der Waals surface area (Å²) in [5, 5.41) is 9.22. The maximum Gasteiger partial charge on any atom is 0.255 e. The maximum absolute atomic E-state index is 12.9. The molecule has 1 amide bonds. The van der Waals surface area contributed by atoms with Gasteiger partial charge in [-0.15, -0.1) is 0 Å². The van der Waals surface area contributed by atoms with Crippen molar-refractivity contribution in [3.63, 3.8) is 0 Å². The van der Waals surface area contributed by atoms with E-state index in [0.29, 0.717) is 17.7 Å². The van der Waals surface area contributed by atoms with Crippen molar-refractivity contribution in [2.45, 2.75) is 18.9 Å². The van der Waals surface area contributed by atoms with Gasteiger partial charge in [0.05, 0.1) is 30.3 Å². The molecule has 4 nitrogen and oxygen atoms in total. The molecule has 0 N–H and O–H groups in total. The molecule has 4 heteroatoms. The fourth-order valence-electron chi connectivity index (χ4n) is 3.13. The van der Waals surface area contributed by atoms with Gasteiger partial charge in [-0.3, -0.25) is 4.79 Å². The van der Waals surface area contributed by atoms with Crippen LogP contribution in [0.3, 0.4) is 0 Å². The van der Waals surface area contributed by atoms with Gasteiger partial charge in [-0.25, -0.2) is 0 Å². The highest BCUT2D eigenvalue weighted by atomic mass is 16.5. The third kappa shape index (κ3) is 2.91. The standard InChI is InChI=1S/C19H18N2O2/c1-23-16-8-4-7-14(12-16)18-10-5-11-21(18)19(22)17-9-3-2-6-15(17)13-20/h2-4,6-9,12,18H,5,10-11H2,1H3. The van der Waals surface area contributed by atoms with E-state index in [4.69, 9.17) is 4.74 Å². The molecule has 1 fully saturated rings. The van der Waals surface area contributed by atoms with Crippen molar-refractivity contribution in [3.05, 3.63) is 65.2 Å². The molecular weight excluding hydrogens is 288 g/mol. The summed E-state index contributed by atoms with van der Waals surface area (Å²) in [5.41, 5.74) is 1.98. The Labute approximate surface area is 135 Å². The summed E-state index contributed by atoms with van der Waals surface area (Å²) in [6.45, 7) is 0.709. The number of hydrogen-bond donors (Lipinski definition) is 0. The molecule has 0 aliphatic carbocycles. The predicted molar refractivity (Wildman–Crippen MR) is 87.2 cm³/mol. The number of likely N-dealkylation sites (tertiary alicyclic amines) is 1. The number of carbonyl (C=O) groups excluding carboxylic acids is 1. The second-order valence-corrected chi connectivity index (χ2v) is 5.59. The number of nitrogens with zero attached hydrogens (tertiary/aromatic N) is 2. The van der Waals surface area contributed by atoms with Gasteiger partial charge in [-0.05, 0) is 42.7 Å². The molecule has 2 aromatic rings. The zero-order valence-electron chi connectivity index (χ0n) is 13.0. The van der Waals surface area contributed by atoms with Crippen molar-refractivity contribution in [2.24, 2.45) is 0 Å². The molecular formula is C19H18N2O2. The largest absolute Gasteiger partial charge is 0.497 e. The Morgan fingerprint density at radius 1 is 1.26 bits per heavy atom. The zero-order valence-corrected chi connectivity index (χ0v) is 13.0. The Balaban J connectivity index is 1.92. The molecule has 0 saturated carbocycles. The van der Waals surface area contributed by atoms with Crippen LogP contribution in [0.15, 0.2) is 48.5 Å². The second-order valence-electron chi connectivity index (χ2n) is 5.59. The molecule has 116 valence electrons. The monoisotopic (exact) mass is 306 g/mol. The lowest BCUT2D eigenvalue weighted by Crippen LogP contribution is -2.31. The minimum absolute atomic E-state index is 0.0318. The SMILES string of the molecule is COc1cccc(C2CCCN2C(=O)c2ccccc2C#N)c1. The maximum atomic E-state index is 12.9. The van der Waals surface area contributed by atoms with Gasteiger partial charge < -0.3 is 9.64 Å². The lowest BCUT2D eigenvalue weighted by Gasteiger charge is -2.25. The van der Waals surface area contributed by atoms with Gasteiger partial charge in [0, 0.05) is 6.54 Å². The summed E-state index contributed by atoms with van der Waals surface area (Å²) >= 11 is 0. The number of methoxy groups -OCH3 is 1. The number of hydrogen-bond acceptors (Lipinski definition) is 3. The third-order valence-corrected chi connectivity index (χ3v) is 4.27. The highest BCUT2D eigenvalue weighted by Crippen LogP contribution is 2.34. The highest BCUT2D eigenvalue weighted by Gasteiger charge is 2.31. The van der Waals surface area contributed by atoms with E-state index in [-0.39, 0.29) is 11.9 Å². The lowest BCUT2D eigenvalue weighted by molar-refractivity contribution is 0.0735. The topological polar surface area (TPSA) is 53.3 Å². The number of rotatable bonds is 3. The molecule has 1 atom stereocenters. The molecule has 1 aliphatic rings. The van der Waals surface area contributed by atoms with E-state index < -0.39 is 0 Å². The summed E-state index contributed by atoms with van der Waals surface area (Å²) in [5.74, 6) is 0.715. The van der Waals surface area contributed by atoms with Crippen molar-refractivity contribution >= 4 is 5.91 Å². The summed E-state index contributed by atoms with van der Waals surface area (Å²) in [4.78, 5) is 14.8. The van der Waals surface area contributed by atoms with E-state index in [1.54, 1.807) is 31.4 Å². The van der Waals surface area contributed by atoms with Crippen LogP contribution < -0.4 is 4.74 Å². The molecule has 1 unspecified atom stereocenters. The predicted octanol–water partition coefficient (Wildman–Crippen LogP) is 3.54. The molecule has 1 saturated heterocycles. The van der Waals surface area contributed by atoms with Gasteiger partial charge in [0.25, 0.3) is 5.91 Å². The summed E-state index contributed by atoms with van der Waals surface area (Å²) in [7, 11) is 1.64. The van der Waals surface area contributed by atoms with E-state index in [0.717, 1.165) is 24.2 Å². The third-order valence-electron chi connectivity index (χ3n) is 4.27. The van der Waals surface area contributed by atoms with Crippen LogP contribution in [-0.4, -0.2) is 24.5 Å². The number of benzene rings is 2.